The highest BCUT2D eigenvalue weighted by atomic mass is 32.2. The number of pyridine rings is 1. The van der Waals surface area contributed by atoms with Crippen molar-refractivity contribution in [2.75, 3.05) is 12.3 Å². The Labute approximate surface area is 104 Å². The van der Waals surface area contributed by atoms with Crippen molar-refractivity contribution in [2.24, 2.45) is 5.73 Å². The van der Waals surface area contributed by atoms with Crippen molar-refractivity contribution in [2.45, 2.75) is 12.7 Å². The summed E-state index contributed by atoms with van der Waals surface area (Å²) in [6, 6.07) is 5.42. The van der Waals surface area contributed by atoms with E-state index in [-0.39, 0.29) is 5.56 Å². The monoisotopic (exact) mass is 249 g/mol. The molecule has 0 fully saturated rings. The van der Waals surface area contributed by atoms with E-state index in [0.29, 0.717) is 12.2 Å². The van der Waals surface area contributed by atoms with Crippen LogP contribution in [-0.2, 0) is 5.75 Å². The number of rotatable bonds is 4. The predicted octanol–water partition coefficient (Wildman–Crippen LogP) is 1.19. The van der Waals surface area contributed by atoms with Gasteiger partial charge >= 0.3 is 0 Å². The van der Waals surface area contributed by atoms with E-state index < -0.39 is 0 Å². The molecule has 2 aromatic rings. The minimum Gasteiger partial charge on any atom is -0.330 e. The molecule has 0 unspecified atom stereocenters. The van der Waals surface area contributed by atoms with Gasteiger partial charge in [-0.25, -0.2) is 4.98 Å². The SMILES string of the molecule is Cc1ccc2nc(CSCCN)cc(=O)n2c1. The van der Waals surface area contributed by atoms with Crippen molar-refractivity contribution >= 4 is 17.4 Å². The summed E-state index contributed by atoms with van der Waals surface area (Å²) in [5.74, 6) is 1.62. The minimum atomic E-state index is -0.0259. The molecule has 0 saturated carbocycles. The lowest BCUT2D eigenvalue weighted by molar-refractivity contribution is 1.00. The first-order chi connectivity index (χ1) is 8.20. The Hall–Kier alpha value is -1.33. The first-order valence-corrected chi connectivity index (χ1v) is 6.63. The maximum atomic E-state index is 11.9. The van der Waals surface area contributed by atoms with Crippen LogP contribution in [0, 0.1) is 6.92 Å². The van der Waals surface area contributed by atoms with E-state index in [1.165, 1.54) is 0 Å². The molecule has 0 aliphatic heterocycles. The topological polar surface area (TPSA) is 60.4 Å². The Morgan fingerprint density at radius 1 is 1.47 bits per heavy atom. The number of nitrogens with two attached hydrogens (primary N) is 1. The third-order valence-corrected chi connectivity index (χ3v) is 3.40. The van der Waals surface area contributed by atoms with Gasteiger partial charge < -0.3 is 5.73 Å². The molecule has 4 nitrogen and oxygen atoms in total. The van der Waals surface area contributed by atoms with Gasteiger partial charge in [-0.05, 0) is 18.6 Å². The summed E-state index contributed by atoms with van der Waals surface area (Å²) in [5, 5.41) is 0. The molecule has 0 amide bonds. The zero-order valence-corrected chi connectivity index (χ0v) is 10.5. The summed E-state index contributed by atoms with van der Waals surface area (Å²) in [4.78, 5) is 16.3. The smallest absolute Gasteiger partial charge is 0.258 e. The lowest BCUT2D eigenvalue weighted by atomic mass is 10.3. The average molecular weight is 249 g/mol. The molecule has 0 aliphatic rings. The van der Waals surface area contributed by atoms with Crippen LogP contribution in [-0.4, -0.2) is 21.7 Å². The number of aromatic nitrogens is 2. The molecular weight excluding hydrogens is 234 g/mol. The minimum absolute atomic E-state index is 0.0259. The van der Waals surface area contributed by atoms with Crippen LogP contribution in [0.2, 0.25) is 0 Å². The first kappa shape index (κ1) is 12.1. The fraction of sp³-hybridized carbons (Fsp3) is 0.333. The third kappa shape index (κ3) is 2.87. The van der Waals surface area contributed by atoms with Gasteiger partial charge in [-0.1, -0.05) is 6.07 Å². The molecule has 0 spiro atoms. The Kier molecular flexibility index (Phi) is 3.81. The molecule has 0 aliphatic carbocycles. The van der Waals surface area contributed by atoms with Crippen molar-refractivity contribution in [1.82, 2.24) is 9.38 Å². The molecule has 2 N–H and O–H groups in total. The number of thioether (sulfide) groups is 1. The second-order valence-corrected chi connectivity index (χ2v) is 4.97. The second-order valence-electron chi connectivity index (χ2n) is 3.86. The summed E-state index contributed by atoms with van der Waals surface area (Å²) in [6.07, 6.45) is 1.81. The Morgan fingerprint density at radius 2 is 2.29 bits per heavy atom. The molecule has 0 radical (unpaired) electrons. The van der Waals surface area contributed by atoms with Crippen molar-refractivity contribution in [3.8, 4) is 0 Å². The van der Waals surface area contributed by atoms with Crippen molar-refractivity contribution in [3.63, 3.8) is 0 Å². The molecule has 17 heavy (non-hydrogen) atoms. The average Bonchev–Trinajstić information content (AvgIpc) is 2.31. The van der Waals surface area contributed by atoms with Gasteiger partial charge in [-0.3, -0.25) is 9.20 Å². The van der Waals surface area contributed by atoms with E-state index in [1.54, 1.807) is 22.2 Å². The van der Waals surface area contributed by atoms with E-state index in [0.717, 1.165) is 22.8 Å². The van der Waals surface area contributed by atoms with Gasteiger partial charge in [0.25, 0.3) is 5.56 Å². The van der Waals surface area contributed by atoms with E-state index in [1.807, 2.05) is 25.3 Å². The van der Waals surface area contributed by atoms with Crippen molar-refractivity contribution in [1.29, 1.82) is 0 Å². The zero-order chi connectivity index (χ0) is 12.3. The number of hydrogen-bond donors (Lipinski definition) is 1. The lowest BCUT2D eigenvalue weighted by Gasteiger charge is -2.04. The lowest BCUT2D eigenvalue weighted by Crippen LogP contribution is -2.15. The van der Waals surface area contributed by atoms with Crippen LogP contribution in [0.15, 0.2) is 29.2 Å². The maximum absolute atomic E-state index is 11.9. The van der Waals surface area contributed by atoms with Crippen LogP contribution < -0.4 is 11.3 Å². The molecule has 0 atom stereocenters. The molecule has 90 valence electrons. The van der Waals surface area contributed by atoms with Gasteiger partial charge in [-0.2, -0.15) is 11.8 Å². The van der Waals surface area contributed by atoms with Gasteiger partial charge in [0, 0.05) is 30.3 Å². The highest BCUT2D eigenvalue weighted by Gasteiger charge is 2.02. The highest BCUT2D eigenvalue weighted by molar-refractivity contribution is 7.98. The molecule has 0 bridgehead atoms. The van der Waals surface area contributed by atoms with E-state index in [4.69, 9.17) is 5.73 Å². The molecule has 0 saturated heterocycles. The van der Waals surface area contributed by atoms with E-state index in [9.17, 15) is 4.79 Å². The van der Waals surface area contributed by atoms with Gasteiger partial charge in [-0.15, -0.1) is 0 Å². The number of nitrogens with zero attached hydrogens (tertiary/aromatic N) is 2. The number of aryl methyl sites for hydroxylation is 1. The largest absolute Gasteiger partial charge is 0.330 e. The van der Waals surface area contributed by atoms with Crippen LogP contribution in [0.25, 0.3) is 5.65 Å². The molecule has 2 aromatic heterocycles. The standard InChI is InChI=1S/C12H15N3OS/c1-9-2-3-11-14-10(8-17-5-4-13)6-12(16)15(11)7-9/h2-3,6-7H,4-5,8,13H2,1H3. The Balaban J connectivity index is 2.35. The third-order valence-electron chi connectivity index (χ3n) is 2.37. The first-order valence-electron chi connectivity index (χ1n) is 5.47. The normalized spacial score (nSPS) is 10.9. The highest BCUT2D eigenvalue weighted by Crippen LogP contribution is 2.09. The summed E-state index contributed by atoms with van der Waals surface area (Å²) in [6.45, 7) is 2.60. The zero-order valence-electron chi connectivity index (χ0n) is 9.72. The maximum Gasteiger partial charge on any atom is 0.258 e. The summed E-state index contributed by atoms with van der Waals surface area (Å²) >= 11 is 1.69. The predicted molar refractivity (Wildman–Crippen MR) is 71.4 cm³/mol. The van der Waals surface area contributed by atoms with Gasteiger partial charge in [0.1, 0.15) is 5.65 Å². The van der Waals surface area contributed by atoms with Gasteiger partial charge in [0.15, 0.2) is 0 Å². The summed E-state index contributed by atoms with van der Waals surface area (Å²) < 4.78 is 1.58. The summed E-state index contributed by atoms with van der Waals surface area (Å²) in [7, 11) is 0. The molecule has 5 heteroatoms. The fourth-order valence-corrected chi connectivity index (χ4v) is 2.26. The molecular formula is C12H15N3OS. The quantitative estimate of drug-likeness (QED) is 0.827. The van der Waals surface area contributed by atoms with E-state index in [2.05, 4.69) is 4.98 Å². The molecule has 0 aromatic carbocycles. The Bertz CT molecular complexity index is 579. The molecule has 2 rings (SSSR count). The second kappa shape index (κ2) is 5.33. The van der Waals surface area contributed by atoms with Crippen molar-refractivity contribution in [3.05, 3.63) is 46.0 Å². The van der Waals surface area contributed by atoms with Crippen LogP contribution in [0.1, 0.15) is 11.3 Å². The molecule has 2 heterocycles. The van der Waals surface area contributed by atoms with E-state index >= 15 is 0 Å². The summed E-state index contributed by atoms with van der Waals surface area (Å²) in [5.41, 5.74) is 7.96. The fourth-order valence-electron chi connectivity index (χ4n) is 1.59. The van der Waals surface area contributed by atoms with Crippen LogP contribution in [0.3, 0.4) is 0 Å². The van der Waals surface area contributed by atoms with Crippen LogP contribution >= 0.6 is 11.8 Å². The van der Waals surface area contributed by atoms with Gasteiger partial charge in [0.2, 0.25) is 0 Å². The van der Waals surface area contributed by atoms with Crippen molar-refractivity contribution < 1.29 is 0 Å². The Morgan fingerprint density at radius 3 is 3.06 bits per heavy atom. The number of fused-ring (bicyclic) bond motifs is 1. The number of hydrogen-bond acceptors (Lipinski definition) is 4. The van der Waals surface area contributed by atoms with Crippen LogP contribution in [0.4, 0.5) is 0 Å². The van der Waals surface area contributed by atoms with Gasteiger partial charge in [0.05, 0.1) is 5.69 Å². The van der Waals surface area contributed by atoms with Crippen LogP contribution in [0.5, 0.6) is 0 Å².